The van der Waals surface area contributed by atoms with Crippen molar-refractivity contribution < 1.29 is 14.4 Å². The zero-order valence-corrected chi connectivity index (χ0v) is 17.5. The van der Waals surface area contributed by atoms with Gasteiger partial charge in [0.1, 0.15) is 18.3 Å². The summed E-state index contributed by atoms with van der Waals surface area (Å²) in [5.74, 6) is -0.199. The molecule has 1 aromatic carbocycles. The first-order valence-electron chi connectivity index (χ1n) is 10.4. The van der Waals surface area contributed by atoms with E-state index in [1.54, 1.807) is 31.6 Å². The summed E-state index contributed by atoms with van der Waals surface area (Å²) in [6.45, 7) is 6.30. The average Bonchev–Trinajstić information content (AvgIpc) is 3.09. The second-order valence-electron chi connectivity index (χ2n) is 7.90. The first kappa shape index (κ1) is 20.1. The van der Waals surface area contributed by atoms with Crippen LogP contribution in [0.2, 0.25) is 0 Å². The van der Waals surface area contributed by atoms with E-state index in [1.165, 1.54) is 0 Å². The van der Waals surface area contributed by atoms with Crippen LogP contribution in [0.3, 0.4) is 0 Å². The largest absolute Gasteiger partial charge is 0.335 e. The first-order valence-corrected chi connectivity index (χ1v) is 10.4. The molecule has 2 saturated heterocycles. The van der Waals surface area contributed by atoms with Gasteiger partial charge in [-0.3, -0.25) is 19.1 Å². The third-order valence-electron chi connectivity index (χ3n) is 5.88. The normalized spacial score (nSPS) is 19.7. The van der Waals surface area contributed by atoms with E-state index in [0.717, 1.165) is 11.1 Å². The summed E-state index contributed by atoms with van der Waals surface area (Å²) in [7, 11) is 0. The van der Waals surface area contributed by atoms with Crippen molar-refractivity contribution in [3.05, 3.63) is 53.3 Å². The Hall–Kier alpha value is -3.16. The van der Waals surface area contributed by atoms with Crippen LogP contribution in [0.5, 0.6) is 0 Å². The van der Waals surface area contributed by atoms with Gasteiger partial charge in [0.15, 0.2) is 0 Å². The fourth-order valence-corrected chi connectivity index (χ4v) is 4.32. The number of hydrogen-bond donors (Lipinski definition) is 0. The Kier molecular flexibility index (Phi) is 5.57. The summed E-state index contributed by atoms with van der Waals surface area (Å²) in [5.41, 5.74) is 2.68. The maximum Gasteiger partial charge on any atom is 0.272 e. The standard InChI is InChI=1S/C22H27N5O3/c1-3-27-19(7-9-23-27)22(30)24-10-8-18-21(29)25(15-20(28)26(18)12-11-24)14-17-6-4-5-16(2)13-17/h4-7,9,13,18H,3,8,10-12,14-15H2,1-2H3. The van der Waals surface area contributed by atoms with Crippen LogP contribution >= 0.6 is 0 Å². The molecule has 2 aliphatic rings. The number of fused-ring (bicyclic) bond motifs is 1. The van der Waals surface area contributed by atoms with E-state index in [-0.39, 0.29) is 24.3 Å². The predicted octanol–water partition coefficient (Wildman–Crippen LogP) is 1.30. The number of rotatable bonds is 4. The molecule has 0 aliphatic carbocycles. The molecule has 0 bridgehead atoms. The lowest BCUT2D eigenvalue weighted by atomic mass is 10.1. The van der Waals surface area contributed by atoms with Crippen molar-refractivity contribution in [2.75, 3.05) is 26.2 Å². The summed E-state index contributed by atoms with van der Waals surface area (Å²) in [4.78, 5) is 44.0. The Morgan fingerprint density at radius 2 is 2.00 bits per heavy atom. The number of benzene rings is 1. The molecule has 2 aromatic rings. The van der Waals surface area contributed by atoms with E-state index in [2.05, 4.69) is 5.10 Å². The highest BCUT2D eigenvalue weighted by Gasteiger charge is 2.41. The quantitative estimate of drug-likeness (QED) is 0.763. The molecule has 1 atom stereocenters. The molecule has 0 saturated carbocycles. The number of amides is 3. The third kappa shape index (κ3) is 3.81. The lowest BCUT2D eigenvalue weighted by molar-refractivity contribution is -0.156. The molecule has 1 aromatic heterocycles. The molecule has 0 N–H and O–H groups in total. The van der Waals surface area contributed by atoms with Gasteiger partial charge in [-0.1, -0.05) is 29.8 Å². The highest BCUT2D eigenvalue weighted by molar-refractivity contribution is 5.96. The van der Waals surface area contributed by atoms with Gasteiger partial charge in [0.2, 0.25) is 11.8 Å². The fourth-order valence-electron chi connectivity index (χ4n) is 4.32. The molecule has 2 aliphatic heterocycles. The molecule has 8 heteroatoms. The maximum atomic E-state index is 13.2. The Morgan fingerprint density at radius 1 is 1.17 bits per heavy atom. The molecule has 0 radical (unpaired) electrons. The van der Waals surface area contributed by atoms with Gasteiger partial charge in [0.05, 0.1) is 0 Å². The second kappa shape index (κ2) is 8.30. The smallest absolute Gasteiger partial charge is 0.272 e. The lowest BCUT2D eigenvalue weighted by Crippen LogP contribution is -2.59. The third-order valence-corrected chi connectivity index (χ3v) is 5.88. The molecular formula is C22H27N5O3. The average molecular weight is 409 g/mol. The fraction of sp³-hybridized carbons (Fsp3) is 0.455. The van der Waals surface area contributed by atoms with Crippen molar-refractivity contribution >= 4 is 17.7 Å². The summed E-state index contributed by atoms with van der Waals surface area (Å²) in [6.07, 6.45) is 2.06. The van der Waals surface area contributed by atoms with E-state index >= 15 is 0 Å². The van der Waals surface area contributed by atoms with Crippen molar-refractivity contribution in [2.45, 2.75) is 39.4 Å². The number of hydrogen-bond acceptors (Lipinski definition) is 4. The van der Waals surface area contributed by atoms with Crippen molar-refractivity contribution in [3.63, 3.8) is 0 Å². The Morgan fingerprint density at radius 3 is 2.77 bits per heavy atom. The van der Waals surface area contributed by atoms with Crippen LogP contribution in [0.25, 0.3) is 0 Å². The highest BCUT2D eigenvalue weighted by atomic mass is 16.2. The van der Waals surface area contributed by atoms with E-state index in [0.29, 0.717) is 44.8 Å². The zero-order valence-electron chi connectivity index (χ0n) is 17.5. The minimum Gasteiger partial charge on any atom is -0.335 e. The van der Waals surface area contributed by atoms with Crippen molar-refractivity contribution in [1.29, 1.82) is 0 Å². The van der Waals surface area contributed by atoms with Gasteiger partial charge >= 0.3 is 0 Å². The Bertz CT molecular complexity index is 969. The lowest BCUT2D eigenvalue weighted by Gasteiger charge is -2.39. The van der Waals surface area contributed by atoms with Crippen LogP contribution < -0.4 is 0 Å². The van der Waals surface area contributed by atoms with Crippen LogP contribution in [0, 0.1) is 6.92 Å². The van der Waals surface area contributed by atoms with Crippen molar-refractivity contribution in [2.24, 2.45) is 0 Å². The molecule has 3 amide bonds. The number of aromatic nitrogens is 2. The number of carbonyl (C=O) groups excluding carboxylic acids is 3. The molecule has 4 rings (SSSR count). The van der Waals surface area contributed by atoms with Gasteiger partial charge in [-0.25, -0.2) is 0 Å². The van der Waals surface area contributed by atoms with Gasteiger partial charge in [-0.2, -0.15) is 5.10 Å². The first-order chi connectivity index (χ1) is 14.5. The summed E-state index contributed by atoms with van der Waals surface area (Å²) >= 11 is 0. The number of nitrogens with zero attached hydrogens (tertiary/aromatic N) is 5. The van der Waals surface area contributed by atoms with Crippen LogP contribution in [-0.4, -0.2) is 74.4 Å². The van der Waals surface area contributed by atoms with Crippen LogP contribution in [0.4, 0.5) is 0 Å². The summed E-state index contributed by atoms with van der Waals surface area (Å²) < 4.78 is 1.67. The van der Waals surface area contributed by atoms with E-state index in [4.69, 9.17) is 0 Å². The van der Waals surface area contributed by atoms with Gasteiger partial charge in [-0.05, 0) is 31.9 Å². The van der Waals surface area contributed by atoms with Gasteiger partial charge in [-0.15, -0.1) is 0 Å². The molecular weight excluding hydrogens is 382 g/mol. The van der Waals surface area contributed by atoms with Crippen LogP contribution in [0.15, 0.2) is 36.5 Å². The van der Waals surface area contributed by atoms with Gasteiger partial charge in [0, 0.05) is 38.9 Å². The van der Waals surface area contributed by atoms with Gasteiger partial charge in [0.25, 0.3) is 5.91 Å². The van der Waals surface area contributed by atoms with E-state index in [9.17, 15) is 14.4 Å². The SMILES string of the molecule is CCn1nccc1C(=O)N1CCC2C(=O)N(Cc3cccc(C)c3)CC(=O)N2CC1. The second-order valence-corrected chi connectivity index (χ2v) is 7.90. The van der Waals surface area contributed by atoms with Gasteiger partial charge < -0.3 is 14.7 Å². The molecule has 2 fully saturated rings. The summed E-state index contributed by atoms with van der Waals surface area (Å²) in [5, 5.41) is 4.17. The Labute approximate surface area is 176 Å². The molecule has 3 heterocycles. The van der Waals surface area contributed by atoms with Crippen LogP contribution in [0.1, 0.15) is 35.0 Å². The number of carbonyl (C=O) groups is 3. The minimum absolute atomic E-state index is 0.0380. The maximum absolute atomic E-state index is 13.2. The Balaban J connectivity index is 1.48. The van der Waals surface area contributed by atoms with Crippen molar-refractivity contribution in [3.8, 4) is 0 Å². The number of aryl methyl sites for hydroxylation is 2. The highest BCUT2D eigenvalue weighted by Crippen LogP contribution is 2.22. The zero-order chi connectivity index (χ0) is 21.3. The van der Waals surface area contributed by atoms with Crippen molar-refractivity contribution in [1.82, 2.24) is 24.5 Å². The van der Waals surface area contributed by atoms with E-state index in [1.807, 2.05) is 38.1 Å². The van der Waals surface area contributed by atoms with E-state index < -0.39 is 6.04 Å². The number of piperazine rings is 1. The monoisotopic (exact) mass is 409 g/mol. The molecule has 158 valence electrons. The topological polar surface area (TPSA) is 78.8 Å². The predicted molar refractivity (Wildman–Crippen MR) is 111 cm³/mol. The van der Waals surface area contributed by atoms with Crippen LogP contribution in [-0.2, 0) is 22.7 Å². The summed E-state index contributed by atoms with van der Waals surface area (Å²) in [6, 6.07) is 9.18. The molecule has 0 spiro atoms. The minimum atomic E-state index is -0.509. The molecule has 8 nitrogen and oxygen atoms in total. The molecule has 1 unspecified atom stereocenters. The molecule has 30 heavy (non-hydrogen) atoms.